The molecule has 8 heteroatoms. The molecule has 1 N–H and O–H groups in total. The molecule has 1 fully saturated rings. The number of hydrogen-bond acceptors (Lipinski definition) is 5. The van der Waals surface area contributed by atoms with Gasteiger partial charge >= 0.3 is 5.97 Å². The third-order valence-electron chi connectivity index (χ3n) is 3.92. The Balaban J connectivity index is 2.27. The minimum absolute atomic E-state index is 0.0780. The van der Waals surface area contributed by atoms with Crippen molar-refractivity contribution in [3.05, 3.63) is 33.9 Å². The number of piperidine rings is 1. The molecule has 0 saturated carbocycles. The Morgan fingerprint density at radius 1 is 1.39 bits per heavy atom. The summed E-state index contributed by atoms with van der Waals surface area (Å²) in [7, 11) is 0. The van der Waals surface area contributed by atoms with Crippen molar-refractivity contribution in [2.75, 3.05) is 19.3 Å². The number of carboxylic acids is 1. The largest absolute Gasteiger partial charge is 0.481 e. The molecule has 124 valence electrons. The third-order valence-corrected chi connectivity index (χ3v) is 4.70. The summed E-state index contributed by atoms with van der Waals surface area (Å²) in [5.41, 5.74) is 0.107. The molecular weight excluding hydrogens is 320 g/mol. The van der Waals surface area contributed by atoms with Gasteiger partial charge < -0.3 is 10.0 Å². The van der Waals surface area contributed by atoms with E-state index in [0.717, 1.165) is 0 Å². The van der Waals surface area contributed by atoms with Crippen molar-refractivity contribution >= 4 is 29.3 Å². The summed E-state index contributed by atoms with van der Waals surface area (Å²) in [6.07, 6.45) is 2.26. The molecule has 0 aromatic heterocycles. The number of carboxylic acid groups (broad SMARTS) is 1. The fourth-order valence-electron chi connectivity index (χ4n) is 2.84. The van der Waals surface area contributed by atoms with E-state index in [4.69, 9.17) is 0 Å². The zero-order valence-corrected chi connectivity index (χ0v) is 13.7. The Hall–Kier alpha value is -2.09. The predicted octanol–water partition coefficient (Wildman–Crippen LogP) is 2.50. The average Bonchev–Trinajstić information content (AvgIpc) is 2.52. The van der Waals surface area contributed by atoms with Gasteiger partial charge in [0.25, 0.3) is 11.6 Å². The zero-order valence-electron chi connectivity index (χ0n) is 12.9. The number of nitro benzene ring substituents is 1. The van der Waals surface area contributed by atoms with Crippen LogP contribution in [0.2, 0.25) is 0 Å². The topological polar surface area (TPSA) is 101 Å². The molecule has 0 bridgehead atoms. The van der Waals surface area contributed by atoms with Crippen LogP contribution in [0.25, 0.3) is 0 Å². The maximum absolute atomic E-state index is 12.6. The number of benzene rings is 1. The van der Waals surface area contributed by atoms with Crippen LogP contribution >= 0.6 is 11.8 Å². The van der Waals surface area contributed by atoms with E-state index in [9.17, 15) is 24.8 Å². The SMILES string of the molecule is CSc1ccc(C(=O)N2CC(C)CC(C(=O)O)C2)cc1[N+](=O)[O-]. The summed E-state index contributed by atoms with van der Waals surface area (Å²) >= 11 is 1.24. The first-order valence-electron chi connectivity index (χ1n) is 7.18. The standard InChI is InChI=1S/C15H18N2O5S/c1-9-5-11(15(19)20)8-16(7-9)14(18)10-3-4-13(23-2)12(6-10)17(21)22/h3-4,6,9,11H,5,7-8H2,1-2H3,(H,19,20). The van der Waals surface area contributed by atoms with E-state index in [-0.39, 0.29) is 29.6 Å². The molecule has 2 unspecified atom stereocenters. The lowest BCUT2D eigenvalue weighted by Crippen LogP contribution is -2.45. The normalized spacial score (nSPS) is 21.0. The molecule has 1 aliphatic rings. The first-order valence-corrected chi connectivity index (χ1v) is 8.40. The smallest absolute Gasteiger partial charge is 0.308 e. The number of hydrogen-bond donors (Lipinski definition) is 1. The zero-order chi connectivity index (χ0) is 17.1. The highest BCUT2D eigenvalue weighted by molar-refractivity contribution is 7.98. The van der Waals surface area contributed by atoms with Gasteiger partial charge in [-0.2, -0.15) is 0 Å². The number of carbonyl (C=O) groups is 2. The number of thioether (sulfide) groups is 1. The lowest BCUT2D eigenvalue weighted by Gasteiger charge is -2.34. The van der Waals surface area contributed by atoms with Crippen LogP contribution in [0.3, 0.4) is 0 Å². The number of carbonyl (C=O) groups excluding carboxylic acids is 1. The van der Waals surface area contributed by atoms with Gasteiger partial charge in [0, 0.05) is 24.7 Å². The van der Waals surface area contributed by atoms with Crippen LogP contribution in [-0.2, 0) is 4.79 Å². The van der Waals surface area contributed by atoms with Crippen LogP contribution in [0, 0.1) is 22.0 Å². The summed E-state index contributed by atoms with van der Waals surface area (Å²) < 4.78 is 0. The van der Waals surface area contributed by atoms with Gasteiger partial charge in [-0.15, -0.1) is 11.8 Å². The van der Waals surface area contributed by atoms with Crippen LogP contribution < -0.4 is 0 Å². The number of aliphatic carboxylic acids is 1. The van der Waals surface area contributed by atoms with Crippen LogP contribution in [0.15, 0.2) is 23.1 Å². The molecule has 23 heavy (non-hydrogen) atoms. The molecule has 0 spiro atoms. The molecule has 1 aromatic carbocycles. The van der Waals surface area contributed by atoms with Crippen molar-refractivity contribution in [3.63, 3.8) is 0 Å². The minimum Gasteiger partial charge on any atom is -0.481 e. The molecule has 0 radical (unpaired) electrons. The summed E-state index contributed by atoms with van der Waals surface area (Å²) in [6, 6.07) is 4.37. The molecule has 1 amide bonds. The monoisotopic (exact) mass is 338 g/mol. The quantitative estimate of drug-likeness (QED) is 0.514. The summed E-state index contributed by atoms with van der Waals surface area (Å²) in [4.78, 5) is 36.4. The van der Waals surface area contributed by atoms with Crippen LogP contribution in [0.1, 0.15) is 23.7 Å². The first kappa shape index (κ1) is 17.3. The van der Waals surface area contributed by atoms with Crippen LogP contribution in [-0.4, -0.2) is 46.2 Å². The molecule has 2 rings (SSSR count). The van der Waals surface area contributed by atoms with Crippen molar-refractivity contribution in [1.82, 2.24) is 4.90 Å². The minimum atomic E-state index is -0.918. The first-order chi connectivity index (χ1) is 10.8. The van der Waals surface area contributed by atoms with Crippen LogP contribution in [0.4, 0.5) is 5.69 Å². The second kappa shape index (κ2) is 6.99. The van der Waals surface area contributed by atoms with E-state index in [1.165, 1.54) is 22.7 Å². The van der Waals surface area contributed by atoms with Crippen LogP contribution in [0.5, 0.6) is 0 Å². The Labute approximate surface area is 137 Å². The second-order valence-electron chi connectivity index (χ2n) is 5.73. The Morgan fingerprint density at radius 3 is 2.65 bits per heavy atom. The molecule has 1 aromatic rings. The molecule has 1 aliphatic heterocycles. The summed E-state index contributed by atoms with van der Waals surface area (Å²) in [5.74, 6) is -1.80. The highest BCUT2D eigenvalue weighted by atomic mass is 32.2. The van der Waals surface area contributed by atoms with Crippen molar-refractivity contribution in [2.24, 2.45) is 11.8 Å². The van der Waals surface area contributed by atoms with Gasteiger partial charge in [-0.25, -0.2) is 0 Å². The highest BCUT2D eigenvalue weighted by Gasteiger charge is 2.32. The van der Waals surface area contributed by atoms with E-state index in [1.807, 2.05) is 6.92 Å². The number of amides is 1. The molecule has 1 heterocycles. The van der Waals surface area contributed by atoms with Gasteiger partial charge in [0.15, 0.2) is 0 Å². The van der Waals surface area contributed by atoms with Crippen molar-refractivity contribution in [1.29, 1.82) is 0 Å². The van der Waals surface area contributed by atoms with E-state index < -0.39 is 16.8 Å². The lowest BCUT2D eigenvalue weighted by atomic mass is 9.90. The average molecular weight is 338 g/mol. The Morgan fingerprint density at radius 2 is 2.09 bits per heavy atom. The van der Waals surface area contributed by atoms with Crippen molar-refractivity contribution < 1.29 is 19.6 Å². The third kappa shape index (κ3) is 3.82. The number of rotatable bonds is 4. The second-order valence-corrected chi connectivity index (χ2v) is 6.58. The molecular formula is C15H18N2O5S. The number of likely N-dealkylation sites (tertiary alicyclic amines) is 1. The summed E-state index contributed by atoms with van der Waals surface area (Å²) in [6.45, 7) is 2.49. The molecule has 1 saturated heterocycles. The van der Waals surface area contributed by atoms with E-state index in [1.54, 1.807) is 18.4 Å². The predicted molar refractivity (Wildman–Crippen MR) is 85.7 cm³/mol. The highest BCUT2D eigenvalue weighted by Crippen LogP contribution is 2.30. The van der Waals surface area contributed by atoms with Gasteiger partial charge in [0.2, 0.25) is 0 Å². The van der Waals surface area contributed by atoms with Crippen molar-refractivity contribution in [3.8, 4) is 0 Å². The van der Waals surface area contributed by atoms with Gasteiger partial charge in [0.1, 0.15) is 0 Å². The molecule has 0 aliphatic carbocycles. The Kier molecular flexibility index (Phi) is 5.25. The van der Waals surface area contributed by atoms with E-state index >= 15 is 0 Å². The summed E-state index contributed by atoms with van der Waals surface area (Å²) in [5, 5.41) is 20.3. The molecule has 7 nitrogen and oxygen atoms in total. The van der Waals surface area contributed by atoms with Gasteiger partial charge in [-0.05, 0) is 30.7 Å². The fourth-order valence-corrected chi connectivity index (χ4v) is 3.39. The lowest BCUT2D eigenvalue weighted by molar-refractivity contribution is -0.387. The van der Waals surface area contributed by atoms with Gasteiger partial charge in [-0.3, -0.25) is 19.7 Å². The maximum Gasteiger partial charge on any atom is 0.308 e. The number of nitro groups is 1. The number of nitrogens with zero attached hydrogens (tertiary/aromatic N) is 2. The van der Waals surface area contributed by atoms with E-state index in [0.29, 0.717) is 17.9 Å². The maximum atomic E-state index is 12.6. The van der Waals surface area contributed by atoms with Crippen molar-refractivity contribution in [2.45, 2.75) is 18.2 Å². The van der Waals surface area contributed by atoms with Gasteiger partial charge in [0.05, 0.1) is 15.7 Å². The Bertz CT molecular complexity index is 649. The van der Waals surface area contributed by atoms with Gasteiger partial charge in [-0.1, -0.05) is 6.92 Å². The molecule has 2 atom stereocenters. The van der Waals surface area contributed by atoms with E-state index in [2.05, 4.69) is 0 Å². The fraction of sp³-hybridized carbons (Fsp3) is 0.467.